The molecule has 0 aromatic heterocycles. The molecule has 4 heteroatoms. The number of rotatable bonds is 5. The van der Waals surface area contributed by atoms with Gasteiger partial charge in [-0.3, -0.25) is 4.79 Å². The van der Waals surface area contributed by atoms with Crippen molar-refractivity contribution in [3.63, 3.8) is 0 Å². The molecule has 0 amide bonds. The van der Waals surface area contributed by atoms with Gasteiger partial charge in [-0.25, -0.2) is 0 Å². The van der Waals surface area contributed by atoms with E-state index in [1.165, 1.54) is 25.8 Å². The zero-order valence-electron chi connectivity index (χ0n) is 10.0. The number of hydrogen-bond acceptors (Lipinski definition) is 3. The summed E-state index contributed by atoms with van der Waals surface area (Å²) in [5.74, 6) is 0.139. The summed E-state index contributed by atoms with van der Waals surface area (Å²) in [4.78, 5) is 13.0. The first kappa shape index (κ1) is 11.9. The average Bonchev–Trinajstić information content (AvgIpc) is 2.52. The Balaban J connectivity index is 1.74. The Labute approximate surface area is 97.0 Å². The number of aliphatic carboxylic acids is 1. The van der Waals surface area contributed by atoms with Crippen LogP contribution in [0.25, 0.3) is 0 Å². The first-order valence-corrected chi connectivity index (χ1v) is 6.27. The average molecular weight is 226 g/mol. The van der Waals surface area contributed by atoms with Gasteiger partial charge in [-0.15, -0.1) is 0 Å². The monoisotopic (exact) mass is 226 g/mol. The number of carboxylic acid groups (broad SMARTS) is 1. The SMILES string of the molecule is CC1(NCC(=O)O)CCN(CC2CCC2)C1. The summed E-state index contributed by atoms with van der Waals surface area (Å²) in [6.45, 7) is 5.53. The summed E-state index contributed by atoms with van der Waals surface area (Å²) in [6, 6.07) is 0. The third kappa shape index (κ3) is 2.95. The molecule has 1 saturated heterocycles. The first-order chi connectivity index (χ1) is 7.57. The summed E-state index contributed by atoms with van der Waals surface area (Å²) in [5.41, 5.74) is 0.00212. The second-order valence-corrected chi connectivity index (χ2v) is 5.59. The summed E-state index contributed by atoms with van der Waals surface area (Å²) < 4.78 is 0. The third-order valence-corrected chi connectivity index (χ3v) is 3.96. The van der Waals surface area contributed by atoms with Gasteiger partial charge in [0, 0.05) is 25.2 Å². The fourth-order valence-electron chi connectivity index (χ4n) is 2.69. The largest absolute Gasteiger partial charge is 0.480 e. The molecule has 1 aliphatic carbocycles. The van der Waals surface area contributed by atoms with Crippen molar-refractivity contribution in [3.8, 4) is 0 Å². The van der Waals surface area contributed by atoms with Crippen molar-refractivity contribution in [1.29, 1.82) is 0 Å². The maximum Gasteiger partial charge on any atom is 0.317 e. The second kappa shape index (κ2) is 4.72. The van der Waals surface area contributed by atoms with Gasteiger partial charge in [-0.1, -0.05) is 6.42 Å². The van der Waals surface area contributed by atoms with Gasteiger partial charge in [0.1, 0.15) is 0 Å². The summed E-state index contributed by atoms with van der Waals surface area (Å²) >= 11 is 0. The van der Waals surface area contributed by atoms with E-state index in [1.54, 1.807) is 0 Å². The lowest BCUT2D eigenvalue weighted by atomic mass is 9.85. The number of nitrogens with zero attached hydrogens (tertiary/aromatic N) is 1. The van der Waals surface area contributed by atoms with E-state index in [0.717, 1.165) is 25.4 Å². The Kier molecular flexibility index (Phi) is 3.50. The van der Waals surface area contributed by atoms with Gasteiger partial charge in [-0.2, -0.15) is 0 Å². The normalized spacial score (nSPS) is 31.6. The van der Waals surface area contributed by atoms with Crippen LogP contribution in [0.4, 0.5) is 0 Å². The number of nitrogens with one attached hydrogen (secondary N) is 1. The van der Waals surface area contributed by atoms with Gasteiger partial charge in [-0.05, 0) is 32.1 Å². The van der Waals surface area contributed by atoms with Crippen LogP contribution in [0.2, 0.25) is 0 Å². The van der Waals surface area contributed by atoms with Crippen LogP contribution in [0, 0.1) is 5.92 Å². The lowest BCUT2D eigenvalue weighted by Crippen LogP contribution is -2.47. The van der Waals surface area contributed by atoms with E-state index in [-0.39, 0.29) is 12.1 Å². The van der Waals surface area contributed by atoms with Crippen LogP contribution in [0.1, 0.15) is 32.6 Å². The highest BCUT2D eigenvalue weighted by atomic mass is 16.4. The van der Waals surface area contributed by atoms with E-state index in [4.69, 9.17) is 5.11 Å². The van der Waals surface area contributed by atoms with Gasteiger partial charge in [0.2, 0.25) is 0 Å². The molecular formula is C12H22N2O2. The predicted molar refractivity (Wildman–Crippen MR) is 62.4 cm³/mol. The fourth-order valence-corrected chi connectivity index (χ4v) is 2.69. The Hall–Kier alpha value is -0.610. The minimum absolute atomic E-state index is 0.00212. The zero-order chi connectivity index (χ0) is 11.6. The minimum Gasteiger partial charge on any atom is -0.480 e. The third-order valence-electron chi connectivity index (χ3n) is 3.96. The highest BCUT2D eigenvalue weighted by Crippen LogP contribution is 2.30. The van der Waals surface area contributed by atoms with Crippen molar-refractivity contribution in [1.82, 2.24) is 10.2 Å². The Morgan fingerprint density at radius 1 is 1.56 bits per heavy atom. The minimum atomic E-state index is -0.765. The van der Waals surface area contributed by atoms with Crippen molar-refractivity contribution in [2.45, 2.75) is 38.1 Å². The lowest BCUT2D eigenvalue weighted by Gasteiger charge is -2.31. The molecule has 16 heavy (non-hydrogen) atoms. The van der Waals surface area contributed by atoms with Crippen LogP contribution >= 0.6 is 0 Å². The fraction of sp³-hybridized carbons (Fsp3) is 0.917. The molecule has 1 atom stereocenters. The molecule has 0 radical (unpaired) electrons. The quantitative estimate of drug-likeness (QED) is 0.732. The lowest BCUT2D eigenvalue weighted by molar-refractivity contribution is -0.136. The van der Waals surface area contributed by atoms with Crippen LogP contribution in [0.5, 0.6) is 0 Å². The highest BCUT2D eigenvalue weighted by molar-refractivity contribution is 5.69. The van der Waals surface area contributed by atoms with Crippen molar-refractivity contribution in [2.75, 3.05) is 26.2 Å². The van der Waals surface area contributed by atoms with Crippen molar-refractivity contribution >= 4 is 5.97 Å². The molecular weight excluding hydrogens is 204 g/mol. The van der Waals surface area contributed by atoms with E-state index in [0.29, 0.717) is 0 Å². The van der Waals surface area contributed by atoms with Gasteiger partial charge in [0.25, 0.3) is 0 Å². The Bertz CT molecular complexity index is 266. The van der Waals surface area contributed by atoms with Gasteiger partial charge in [0.05, 0.1) is 6.54 Å². The standard InChI is InChI=1S/C12H22N2O2/c1-12(13-7-11(15)16)5-6-14(9-12)8-10-3-2-4-10/h10,13H,2-9H2,1H3,(H,15,16). The van der Waals surface area contributed by atoms with Crippen LogP contribution in [-0.4, -0.2) is 47.7 Å². The number of likely N-dealkylation sites (tertiary alicyclic amines) is 1. The van der Waals surface area contributed by atoms with Gasteiger partial charge >= 0.3 is 5.97 Å². The topological polar surface area (TPSA) is 52.6 Å². The van der Waals surface area contributed by atoms with E-state index in [9.17, 15) is 4.79 Å². The van der Waals surface area contributed by atoms with Crippen LogP contribution < -0.4 is 5.32 Å². The van der Waals surface area contributed by atoms with Crippen molar-refractivity contribution < 1.29 is 9.90 Å². The molecule has 0 spiro atoms. The maximum atomic E-state index is 10.5. The second-order valence-electron chi connectivity index (χ2n) is 5.59. The van der Waals surface area contributed by atoms with Crippen molar-refractivity contribution in [3.05, 3.63) is 0 Å². The molecule has 0 aromatic carbocycles. The van der Waals surface area contributed by atoms with Crippen LogP contribution in [0.3, 0.4) is 0 Å². The van der Waals surface area contributed by atoms with Crippen molar-refractivity contribution in [2.24, 2.45) is 5.92 Å². The van der Waals surface area contributed by atoms with E-state index in [2.05, 4.69) is 17.1 Å². The highest BCUT2D eigenvalue weighted by Gasteiger charge is 2.35. The van der Waals surface area contributed by atoms with E-state index >= 15 is 0 Å². The molecule has 1 aliphatic heterocycles. The van der Waals surface area contributed by atoms with Crippen LogP contribution in [-0.2, 0) is 4.79 Å². The first-order valence-electron chi connectivity index (χ1n) is 6.27. The summed E-state index contributed by atoms with van der Waals surface area (Å²) in [5, 5.41) is 11.8. The van der Waals surface area contributed by atoms with E-state index < -0.39 is 5.97 Å². The number of hydrogen-bond donors (Lipinski definition) is 2. The summed E-state index contributed by atoms with van der Waals surface area (Å²) in [6.07, 6.45) is 5.23. The molecule has 92 valence electrons. The molecule has 2 aliphatic rings. The zero-order valence-corrected chi connectivity index (χ0v) is 10.0. The molecule has 2 rings (SSSR count). The Morgan fingerprint density at radius 3 is 2.88 bits per heavy atom. The number of carboxylic acids is 1. The molecule has 0 bridgehead atoms. The number of carbonyl (C=O) groups is 1. The molecule has 2 fully saturated rings. The molecule has 2 N–H and O–H groups in total. The van der Waals surface area contributed by atoms with Gasteiger partial charge in [0.15, 0.2) is 0 Å². The smallest absolute Gasteiger partial charge is 0.317 e. The molecule has 1 heterocycles. The molecule has 0 aromatic rings. The molecule has 4 nitrogen and oxygen atoms in total. The predicted octanol–water partition coefficient (Wildman–Crippen LogP) is 0.925. The molecule has 1 unspecified atom stereocenters. The van der Waals surface area contributed by atoms with Crippen LogP contribution in [0.15, 0.2) is 0 Å². The maximum absolute atomic E-state index is 10.5. The van der Waals surface area contributed by atoms with Gasteiger partial charge < -0.3 is 15.3 Å². The molecule has 1 saturated carbocycles. The Morgan fingerprint density at radius 2 is 2.31 bits per heavy atom. The summed E-state index contributed by atoms with van der Waals surface area (Å²) in [7, 11) is 0. The van der Waals surface area contributed by atoms with E-state index in [1.807, 2.05) is 0 Å².